The molecule has 23 heavy (non-hydrogen) atoms. The fourth-order valence-electron chi connectivity index (χ4n) is 4.12. The molecule has 122 valence electrons. The third-order valence-corrected chi connectivity index (χ3v) is 5.55. The Morgan fingerprint density at radius 1 is 1.22 bits per heavy atom. The smallest absolute Gasteiger partial charge is 0.322 e. The first-order chi connectivity index (χ1) is 11.0. The van der Waals surface area contributed by atoms with E-state index in [4.69, 9.17) is 0 Å². The summed E-state index contributed by atoms with van der Waals surface area (Å²) in [5.74, 6) is 0. The van der Waals surface area contributed by atoms with Gasteiger partial charge in [0.05, 0.1) is 18.3 Å². The van der Waals surface area contributed by atoms with E-state index < -0.39 is 0 Å². The van der Waals surface area contributed by atoms with Crippen LogP contribution in [0, 0.1) is 0 Å². The average molecular weight is 311 g/mol. The van der Waals surface area contributed by atoms with Crippen molar-refractivity contribution < 1.29 is 4.79 Å². The maximum absolute atomic E-state index is 12.1. The van der Waals surface area contributed by atoms with Crippen LogP contribution in [0.5, 0.6) is 0 Å². The molecule has 0 unspecified atom stereocenters. The lowest BCUT2D eigenvalue weighted by atomic mass is 9.69. The number of amides is 2. The molecule has 1 N–H and O–H groups in total. The minimum atomic E-state index is -0.112. The highest BCUT2D eigenvalue weighted by molar-refractivity contribution is 5.79. The Kier molecular flexibility index (Phi) is 4.05. The third-order valence-electron chi connectivity index (χ3n) is 5.55. The molecule has 1 aliphatic heterocycles. The van der Waals surface area contributed by atoms with Gasteiger partial charge in [-0.05, 0) is 45.3 Å². The van der Waals surface area contributed by atoms with Crippen LogP contribution in [0.2, 0.25) is 0 Å². The maximum atomic E-state index is 12.1. The number of nitrogens with zero attached hydrogens (tertiary/aromatic N) is 2. The third kappa shape index (κ3) is 2.69. The zero-order chi connectivity index (χ0) is 16.5. The van der Waals surface area contributed by atoms with Crippen molar-refractivity contribution in [3.8, 4) is 0 Å². The second kappa shape index (κ2) is 5.88. The summed E-state index contributed by atoms with van der Waals surface area (Å²) in [5.41, 5.74) is 4.01. The maximum Gasteiger partial charge on any atom is 0.322 e. The van der Waals surface area contributed by atoms with Crippen LogP contribution < -0.4 is 5.32 Å². The summed E-state index contributed by atoms with van der Waals surface area (Å²) < 4.78 is 0. The second-order valence-corrected chi connectivity index (χ2v) is 6.96. The van der Waals surface area contributed by atoms with Crippen molar-refractivity contribution in [1.29, 1.82) is 0 Å². The Hall–Kier alpha value is -2.03. The standard InChI is InChI=1S/C19H25N3O/c1-4-14-22-15-18(20-17(22)23)10-12-19(13-11-18,21(2)3)16-8-6-5-7-9-16/h5-9,14H,1,10-13,15H2,2-3H3,(H,20,23). The molecule has 2 fully saturated rings. The van der Waals surface area contributed by atoms with Gasteiger partial charge in [-0.1, -0.05) is 36.9 Å². The van der Waals surface area contributed by atoms with Gasteiger partial charge in [0.2, 0.25) is 0 Å². The minimum Gasteiger partial charge on any atom is -0.330 e. The zero-order valence-corrected chi connectivity index (χ0v) is 14.0. The van der Waals surface area contributed by atoms with Gasteiger partial charge < -0.3 is 5.32 Å². The van der Waals surface area contributed by atoms with Crippen molar-refractivity contribution in [2.24, 2.45) is 0 Å². The van der Waals surface area contributed by atoms with E-state index in [1.807, 2.05) is 0 Å². The van der Waals surface area contributed by atoms with E-state index in [0.29, 0.717) is 6.54 Å². The lowest BCUT2D eigenvalue weighted by molar-refractivity contribution is 0.0632. The zero-order valence-electron chi connectivity index (χ0n) is 14.0. The summed E-state index contributed by atoms with van der Waals surface area (Å²) in [6, 6.07) is 10.7. The van der Waals surface area contributed by atoms with Crippen LogP contribution in [0.1, 0.15) is 31.2 Å². The molecule has 1 heterocycles. The van der Waals surface area contributed by atoms with E-state index in [-0.39, 0.29) is 17.1 Å². The first kappa shape index (κ1) is 15.9. The molecule has 1 aromatic rings. The number of benzene rings is 1. The molecule has 3 rings (SSSR count). The van der Waals surface area contributed by atoms with Gasteiger partial charge in [-0.3, -0.25) is 9.80 Å². The summed E-state index contributed by atoms with van der Waals surface area (Å²) in [6.07, 6.45) is 5.68. The van der Waals surface area contributed by atoms with Crippen molar-refractivity contribution in [3.63, 3.8) is 0 Å². The molecule has 0 bridgehead atoms. The number of hydrogen-bond donors (Lipinski definition) is 1. The summed E-state index contributed by atoms with van der Waals surface area (Å²) in [7, 11) is 4.32. The molecule has 0 aromatic heterocycles. The molecular weight excluding hydrogens is 286 g/mol. The van der Waals surface area contributed by atoms with E-state index in [1.165, 1.54) is 5.56 Å². The lowest BCUT2D eigenvalue weighted by Crippen LogP contribution is -2.53. The van der Waals surface area contributed by atoms with Crippen molar-refractivity contribution in [1.82, 2.24) is 15.1 Å². The number of rotatable bonds is 3. The fourth-order valence-corrected chi connectivity index (χ4v) is 4.12. The Morgan fingerprint density at radius 3 is 2.43 bits per heavy atom. The van der Waals surface area contributed by atoms with E-state index in [2.05, 4.69) is 67.0 Å². The number of carbonyl (C=O) groups is 1. The van der Waals surface area contributed by atoms with Crippen molar-refractivity contribution in [2.45, 2.75) is 36.8 Å². The first-order valence-corrected chi connectivity index (χ1v) is 8.19. The van der Waals surface area contributed by atoms with E-state index in [0.717, 1.165) is 25.7 Å². The molecule has 1 aromatic carbocycles. The summed E-state index contributed by atoms with van der Waals surface area (Å²) in [6.45, 7) is 4.28. The summed E-state index contributed by atoms with van der Waals surface area (Å²) >= 11 is 0. The van der Waals surface area contributed by atoms with Gasteiger partial charge in [-0.2, -0.15) is 0 Å². The van der Waals surface area contributed by atoms with Gasteiger partial charge in [-0.15, -0.1) is 5.73 Å². The molecular formula is C19H25N3O. The van der Waals surface area contributed by atoms with Gasteiger partial charge >= 0.3 is 6.03 Å². The van der Waals surface area contributed by atoms with Crippen molar-refractivity contribution in [2.75, 3.05) is 20.6 Å². The molecule has 2 aliphatic rings. The number of carbonyl (C=O) groups excluding carboxylic acids is 1. The minimum absolute atomic E-state index is 0.0294. The fraction of sp³-hybridized carbons (Fsp3) is 0.474. The molecule has 1 saturated heterocycles. The molecule has 4 heteroatoms. The van der Waals surface area contributed by atoms with Crippen LogP contribution >= 0.6 is 0 Å². The monoisotopic (exact) mass is 311 g/mol. The Bertz CT molecular complexity index is 623. The van der Waals surface area contributed by atoms with Crippen LogP contribution in [-0.4, -0.2) is 42.0 Å². The summed E-state index contributed by atoms with van der Waals surface area (Å²) in [5, 5.41) is 3.20. The number of urea groups is 1. The van der Waals surface area contributed by atoms with Gasteiger partial charge in [0.25, 0.3) is 0 Å². The quantitative estimate of drug-likeness (QED) is 0.871. The Labute approximate surface area is 138 Å². The van der Waals surface area contributed by atoms with E-state index >= 15 is 0 Å². The molecule has 0 radical (unpaired) electrons. The molecule has 0 atom stereocenters. The van der Waals surface area contributed by atoms with Crippen LogP contribution in [0.3, 0.4) is 0 Å². The average Bonchev–Trinajstić information content (AvgIpc) is 2.85. The van der Waals surface area contributed by atoms with Gasteiger partial charge in [0.1, 0.15) is 0 Å². The highest BCUT2D eigenvalue weighted by atomic mass is 16.2. The van der Waals surface area contributed by atoms with Crippen LogP contribution in [0.25, 0.3) is 0 Å². The SMILES string of the molecule is C=C=CN1CC2(CCC(c3ccccc3)(N(C)C)CC2)NC1=O. The van der Waals surface area contributed by atoms with Crippen LogP contribution in [-0.2, 0) is 5.54 Å². The van der Waals surface area contributed by atoms with Crippen molar-refractivity contribution >= 4 is 6.03 Å². The van der Waals surface area contributed by atoms with Crippen molar-refractivity contribution in [3.05, 3.63) is 54.4 Å². The van der Waals surface area contributed by atoms with Crippen LogP contribution in [0.4, 0.5) is 4.79 Å². The second-order valence-electron chi connectivity index (χ2n) is 6.96. The van der Waals surface area contributed by atoms with Gasteiger partial charge in [0.15, 0.2) is 0 Å². The van der Waals surface area contributed by atoms with Gasteiger partial charge in [-0.25, -0.2) is 4.79 Å². The molecule has 1 spiro atoms. The van der Waals surface area contributed by atoms with Crippen LogP contribution in [0.15, 0.2) is 48.8 Å². The largest absolute Gasteiger partial charge is 0.330 e. The Morgan fingerprint density at radius 2 is 1.87 bits per heavy atom. The molecule has 4 nitrogen and oxygen atoms in total. The highest BCUT2D eigenvalue weighted by Gasteiger charge is 2.49. The summed E-state index contributed by atoms with van der Waals surface area (Å²) in [4.78, 5) is 16.1. The van der Waals surface area contributed by atoms with E-state index in [1.54, 1.807) is 11.1 Å². The Balaban J connectivity index is 1.82. The highest BCUT2D eigenvalue weighted by Crippen LogP contribution is 2.45. The normalized spacial score (nSPS) is 30.4. The predicted octanol–water partition coefficient (Wildman–Crippen LogP) is 3.08. The predicted molar refractivity (Wildman–Crippen MR) is 92.0 cm³/mol. The van der Waals surface area contributed by atoms with Gasteiger partial charge in [0, 0.05) is 5.54 Å². The topological polar surface area (TPSA) is 35.6 Å². The first-order valence-electron chi connectivity index (χ1n) is 8.19. The number of nitrogens with one attached hydrogen (secondary N) is 1. The molecule has 1 aliphatic carbocycles. The number of hydrogen-bond acceptors (Lipinski definition) is 2. The molecule has 2 amide bonds. The lowest BCUT2D eigenvalue weighted by Gasteiger charge is -2.48. The van der Waals surface area contributed by atoms with E-state index in [9.17, 15) is 4.79 Å². The molecule has 1 saturated carbocycles.